The Morgan fingerprint density at radius 2 is 1.73 bits per heavy atom. The van der Waals surface area contributed by atoms with Crippen molar-refractivity contribution < 1.29 is 19.2 Å². The molecule has 0 fully saturated rings. The molecule has 6 heteroatoms. The average molecular weight is 348 g/mol. The third-order valence-electron chi connectivity index (χ3n) is 4.67. The van der Waals surface area contributed by atoms with Crippen LogP contribution in [0.25, 0.3) is 10.9 Å². The molecule has 3 aromatic rings. The number of benzene rings is 2. The highest BCUT2D eigenvalue weighted by atomic mass is 16.7. The lowest BCUT2D eigenvalue weighted by atomic mass is 10.1. The molecule has 26 heavy (non-hydrogen) atoms. The maximum absolute atomic E-state index is 12.6. The van der Waals surface area contributed by atoms with E-state index < -0.39 is 17.8 Å². The maximum atomic E-state index is 12.6. The van der Waals surface area contributed by atoms with E-state index in [4.69, 9.17) is 4.84 Å². The summed E-state index contributed by atoms with van der Waals surface area (Å²) in [5.41, 5.74) is 3.35. The van der Waals surface area contributed by atoms with Gasteiger partial charge in [-0.2, -0.15) is 0 Å². The lowest BCUT2D eigenvalue weighted by Crippen LogP contribution is -2.33. The Kier molecular flexibility index (Phi) is 3.61. The van der Waals surface area contributed by atoms with Crippen LogP contribution in [0.4, 0.5) is 0 Å². The molecular formula is C20H16N2O4. The molecule has 130 valence electrons. The monoisotopic (exact) mass is 348 g/mol. The van der Waals surface area contributed by atoms with Gasteiger partial charge in [0, 0.05) is 10.9 Å². The number of fused-ring (bicyclic) bond motifs is 2. The van der Waals surface area contributed by atoms with E-state index in [1.54, 1.807) is 19.1 Å². The average Bonchev–Trinajstić information content (AvgIpc) is 3.12. The smallest absolute Gasteiger partial charge is 0.349 e. The fourth-order valence-corrected chi connectivity index (χ4v) is 3.18. The molecule has 6 nitrogen and oxygen atoms in total. The molecule has 2 amide bonds. The largest absolute Gasteiger partial charge is 0.380 e. The standard InChI is InChI=1S/C20H16N2O4/c1-3-12-8-9-16-15(10-12)11(2)17(21-16)20(25)26-22-18(23)13-6-4-5-7-14(13)19(22)24/h4-10,21H,3H2,1-2H3. The van der Waals surface area contributed by atoms with Crippen LogP contribution in [0.3, 0.4) is 0 Å². The Bertz CT molecular complexity index is 1050. The Morgan fingerprint density at radius 3 is 2.35 bits per heavy atom. The highest BCUT2D eigenvalue weighted by Crippen LogP contribution is 2.26. The van der Waals surface area contributed by atoms with Gasteiger partial charge in [-0.3, -0.25) is 9.59 Å². The van der Waals surface area contributed by atoms with E-state index in [2.05, 4.69) is 11.9 Å². The maximum Gasteiger partial charge on any atom is 0.380 e. The molecule has 2 aromatic carbocycles. The molecule has 4 rings (SSSR count). The number of hydrogen-bond acceptors (Lipinski definition) is 4. The summed E-state index contributed by atoms with van der Waals surface area (Å²) in [6, 6.07) is 12.3. The molecule has 0 radical (unpaired) electrons. The number of imide groups is 1. The van der Waals surface area contributed by atoms with Crippen molar-refractivity contribution in [1.29, 1.82) is 0 Å². The van der Waals surface area contributed by atoms with E-state index in [1.807, 2.05) is 18.2 Å². The molecule has 0 saturated heterocycles. The second kappa shape index (κ2) is 5.84. The molecule has 0 aliphatic carbocycles. The van der Waals surface area contributed by atoms with Gasteiger partial charge in [-0.1, -0.05) is 30.2 Å². The van der Waals surface area contributed by atoms with Crippen LogP contribution >= 0.6 is 0 Å². The highest BCUT2D eigenvalue weighted by molar-refractivity contribution is 6.21. The predicted octanol–water partition coefficient (Wildman–Crippen LogP) is 3.41. The fraction of sp³-hybridized carbons (Fsp3) is 0.150. The van der Waals surface area contributed by atoms with Crippen LogP contribution in [0.2, 0.25) is 0 Å². The first kappa shape index (κ1) is 16.1. The zero-order valence-corrected chi connectivity index (χ0v) is 14.3. The lowest BCUT2D eigenvalue weighted by Gasteiger charge is -2.12. The molecule has 0 bridgehead atoms. The molecule has 2 heterocycles. The number of carbonyl (C=O) groups is 3. The molecule has 1 aliphatic rings. The zero-order chi connectivity index (χ0) is 18.4. The minimum atomic E-state index is -0.772. The number of aryl methyl sites for hydroxylation is 2. The quantitative estimate of drug-likeness (QED) is 0.736. The number of H-pyrrole nitrogens is 1. The Hall–Kier alpha value is -3.41. The van der Waals surface area contributed by atoms with E-state index in [-0.39, 0.29) is 16.8 Å². The second-order valence-electron chi connectivity index (χ2n) is 6.19. The summed E-state index contributed by atoms with van der Waals surface area (Å²) in [7, 11) is 0. The van der Waals surface area contributed by atoms with Crippen molar-refractivity contribution >= 4 is 28.7 Å². The third-order valence-corrected chi connectivity index (χ3v) is 4.67. The normalized spacial score (nSPS) is 13.4. The van der Waals surface area contributed by atoms with Crippen LogP contribution in [0.1, 0.15) is 49.3 Å². The number of amides is 2. The molecule has 1 N–H and O–H groups in total. The first-order valence-electron chi connectivity index (χ1n) is 8.32. The number of aromatic nitrogens is 1. The van der Waals surface area contributed by atoms with Crippen LogP contribution in [0.5, 0.6) is 0 Å². The van der Waals surface area contributed by atoms with E-state index >= 15 is 0 Å². The summed E-state index contributed by atoms with van der Waals surface area (Å²) in [4.78, 5) is 45.4. The van der Waals surface area contributed by atoms with E-state index in [1.165, 1.54) is 12.1 Å². The summed E-state index contributed by atoms with van der Waals surface area (Å²) in [6.45, 7) is 3.86. The van der Waals surface area contributed by atoms with Crippen molar-refractivity contribution in [2.24, 2.45) is 0 Å². The van der Waals surface area contributed by atoms with Crippen LogP contribution in [-0.2, 0) is 11.3 Å². The molecule has 1 aromatic heterocycles. The van der Waals surface area contributed by atoms with Crippen molar-refractivity contribution in [3.05, 3.63) is 70.4 Å². The van der Waals surface area contributed by atoms with Gasteiger partial charge >= 0.3 is 5.97 Å². The molecule has 0 atom stereocenters. The fourth-order valence-electron chi connectivity index (χ4n) is 3.18. The summed E-state index contributed by atoms with van der Waals surface area (Å²) in [6.07, 6.45) is 0.884. The summed E-state index contributed by atoms with van der Waals surface area (Å²) in [5.74, 6) is -2.05. The first-order chi connectivity index (χ1) is 12.5. The second-order valence-corrected chi connectivity index (χ2v) is 6.19. The minimum Gasteiger partial charge on any atom is -0.349 e. The van der Waals surface area contributed by atoms with Crippen LogP contribution in [0.15, 0.2) is 42.5 Å². The summed E-state index contributed by atoms with van der Waals surface area (Å²) >= 11 is 0. The van der Waals surface area contributed by atoms with Crippen molar-refractivity contribution in [3.63, 3.8) is 0 Å². The van der Waals surface area contributed by atoms with Gasteiger partial charge in [0.2, 0.25) is 0 Å². The zero-order valence-electron chi connectivity index (χ0n) is 14.3. The van der Waals surface area contributed by atoms with Crippen LogP contribution in [0, 0.1) is 6.92 Å². The van der Waals surface area contributed by atoms with Gasteiger partial charge in [0.15, 0.2) is 0 Å². The van der Waals surface area contributed by atoms with Gasteiger partial charge in [-0.25, -0.2) is 4.79 Å². The number of carbonyl (C=O) groups excluding carboxylic acids is 3. The van der Waals surface area contributed by atoms with Crippen molar-refractivity contribution in [2.45, 2.75) is 20.3 Å². The van der Waals surface area contributed by atoms with Gasteiger partial charge in [0.1, 0.15) is 5.69 Å². The molecule has 1 aliphatic heterocycles. The van der Waals surface area contributed by atoms with Crippen molar-refractivity contribution in [3.8, 4) is 0 Å². The third kappa shape index (κ3) is 2.30. The van der Waals surface area contributed by atoms with E-state index in [0.29, 0.717) is 5.06 Å². The number of nitrogens with one attached hydrogen (secondary N) is 1. The lowest BCUT2D eigenvalue weighted by molar-refractivity contribution is -0.0588. The topological polar surface area (TPSA) is 79.5 Å². The Morgan fingerprint density at radius 1 is 1.08 bits per heavy atom. The number of hydroxylamine groups is 2. The number of rotatable bonds is 3. The summed E-state index contributed by atoms with van der Waals surface area (Å²) in [5, 5.41) is 1.44. The molecular weight excluding hydrogens is 332 g/mol. The number of hydrogen-bond donors (Lipinski definition) is 1. The van der Waals surface area contributed by atoms with Crippen LogP contribution in [-0.4, -0.2) is 27.8 Å². The summed E-state index contributed by atoms with van der Waals surface area (Å²) < 4.78 is 0. The van der Waals surface area contributed by atoms with Gasteiger partial charge in [0.05, 0.1) is 11.1 Å². The number of aromatic amines is 1. The molecule has 0 saturated carbocycles. The van der Waals surface area contributed by atoms with E-state index in [0.717, 1.165) is 28.5 Å². The van der Waals surface area contributed by atoms with E-state index in [9.17, 15) is 14.4 Å². The highest BCUT2D eigenvalue weighted by Gasteiger charge is 2.39. The molecule has 0 spiro atoms. The Labute approximate surface area is 149 Å². The minimum absolute atomic E-state index is 0.227. The first-order valence-corrected chi connectivity index (χ1v) is 8.32. The number of nitrogens with zero attached hydrogens (tertiary/aromatic N) is 1. The van der Waals surface area contributed by atoms with Gasteiger partial charge in [-0.15, -0.1) is 0 Å². The van der Waals surface area contributed by atoms with Gasteiger partial charge in [-0.05, 0) is 48.7 Å². The van der Waals surface area contributed by atoms with Crippen LogP contribution < -0.4 is 0 Å². The molecule has 0 unspecified atom stereocenters. The Balaban J connectivity index is 1.65. The van der Waals surface area contributed by atoms with Crippen molar-refractivity contribution in [1.82, 2.24) is 10.0 Å². The van der Waals surface area contributed by atoms with Gasteiger partial charge < -0.3 is 9.82 Å². The predicted molar refractivity (Wildman–Crippen MR) is 94.8 cm³/mol. The van der Waals surface area contributed by atoms with Gasteiger partial charge in [0.25, 0.3) is 11.8 Å². The van der Waals surface area contributed by atoms with Crippen molar-refractivity contribution in [2.75, 3.05) is 0 Å². The SMILES string of the molecule is CCc1ccc2[nH]c(C(=O)ON3C(=O)c4ccccc4C3=O)c(C)c2c1.